The predicted octanol–water partition coefficient (Wildman–Crippen LogP) is 3.15. The first-order chi connectivity index (χ1) is 12.7. The van der Waals surface area contributed by atoms with Crippen molar-refractivity contribution in [2.75, 3.05) is 17.2 Å². The number of carbonyl (C=O) groups is 1. The number of anilines is 2. The Kier molecular flexibility index (Phi) is 5.14. The maximum atomic E-state index is 13.1. The molecule has 1 aromatic heterocycles. The summed E-state index contributed by atoms with van der Waals surface area (Å²) >= 11 is 0. The van der Waals surface area contributed by atoms with Crippen LogP contribution >= 0.6 is 0 Å². The van der Waals surface area contributed by atoms with Gasteiger partial charge in [-0.2, -0.15) is 18.3 Å². The minimum Gasteiger partial charge on any atom is -0.382 e. The molecule has 0 radical (unpaired) electrons. The van der Waals surface area contributed by atoms with Gasteiger partial charge in [0.2, 0.25) is 0 Å². The van der Waals surface area contributed by atoms with Crippen molar-refractivity contribution >= 4 is 17.4 Å². The van der Waals surface area contributed by atoms with Crippen molar-refractivity contribution in [3.05, 3.63) is 41.1 Å². The zero-order chi connectivity index (χ0) is 19.8. The fraction of sp³-hybridized carbons (Fsp3) is 0.444. The van der Waals surface area contributed by atoms with Crippen molar-refractivity contribution in [2.24, 2.45) is 18.7 Å². The molecule has 3 rings (SSSR count). The molecule has 27 heavy (non-hydrogen) atoms. The number of carbonyl (C=O) groups excluding carboxylic acids is 1. The number of amides is 1. The van der Waals surface area contributed by atoms with Crippen molar-refractivity contribution in [1.82, 2.24) is 9.78 Å². The van der Waals surface area contributed by atoms with Crippen molar-refractivity contribution in [2.45, 2.75) is 32.0 Å². The van der Waals surface area contributed by atoms with Crippen LogP contribution < -0.4 is 16.4 Å². The van der Waals surface area contributed by atoms with Gasteiger partial charge in [0.15, 0.2) is 5.82 Å². The molecule has 1 fully saturated rings. The molecule has 0 spiro atoms. The van der Waals surface area contributed by atoms with Gasteiger partial charge in [-0.25, -0.2) is 0 Å². The van der Waals surface area contributed by atoms with Gasteiger partial charge in [0.05, 0.1) is 11.1 Å². The second-order valence-electron chi connectivity index (χ2n) is 6.92. The first-order valence-electron chi connectivity index (χ1n) is 8.67. The number of benzene rings is 1. The molecule has 1 aliphatic rings. The number of nitrogens with one attached hydrogen (secondary N) is 2. The SMILES string of the molecule is Cc1cc(NC(=O)c2ccc(C(F)(F)F)cc2NC2CC(CN)C2)nn1C. The fourth-order valence-corrected chi connectivity index (χ4v) is 3.11. The second kappa shape index (κ2) is 7.22. The Bertz CT molecular complexity index is 821. The van der Waals surface area contributed by atoms with Crippen LogP contribution in [0.1, 0.15) is 34.5 Å². The van der Waals surface area contributed by atoms with E-state index >= 15 is 0 Å². The molecule has 9 heteroatoms. The van der Waals surface area contributed by atoms with Crippen LogP contribution in [0.25, 0.3) is 0 Å². The van der Waals surface area contributed by atoms with Crippen molar-refractivity contribution in [3.8, 4) is 0 Å². The van der Waals surface area contributed by atoms with Crippen LogP contribution in [0, 0.1) is 12.8 Å². The number of aromatic nitrogens is 2. The van der Waals surface area contributed by atoms with E-state index < -0.39 is 17.6 Å². The standard InChI is InChI=1S/C18H22F3N5O/c1-10-5-16(25-26(10)2)24-17(27)14-4-3-12(18(19,20)21)8-15(14)23-13-6-11(7-13)9-22/h3-5,8,11,13,23H,6-7,9,22H2,1-2H3,(H,24,25,27). The number of rotatable bonds is 5. The quantitative estimate of drug-likeness (QED) is 0.743. The fourth-order valence-electron chi connectivity index (χ4n) is 3.11. The lowest BCUT2D eigenvalue weighted by atomic mass is 9.80. The highest BCUT2D eigenvalue weighted by Gasteiger charge is 2.33. The summed E-state index contributed by atoms with van der Waals surface area (Å²) < 4.78 is 40.9. The van der Waals surface area contributed by atoms with E-state index in [2.05, 4.69) is 15.7 Å². The van der Waals surface area contributed by atoms with Crippen molar-refractivity contribution in [3.63, 3.8) is 0 Å². The summed E-state index contributed by atoms with van der Waals surface area (Å²) in [4.78, 5) is 12.6. The molecule has 146 valence electrons. The van der Waals surface area contributed by atoms with E-state index in [0.29, 0.717) is 18.3 Å². The minimum absolute atomic E-state index is 0.00526. The third-order valence-electron chi connectivity index (χ3n) is 4.88. The Morgan fingerprint density at radius 2 is 2.04 bits per heavy atom. The molecule has 1 saturated carbocycles. The third-order valence-corrected chi connectivity index (χ3v) is 4.88. The highest BCUT2D eigenvalue weighted by Crippen LogP contribution is 2.35. The summed E-state index contributed by atoms with van der Waals surface area (Å²) in [5.74, 6) is 0.193. The van der Waals surface area contributed by atoms with Gasteiger partial charge in [-0.1, -0.05) is 0 Å². The summed E-state index contributed by atoms with van der Waals surface area (Å²) in [6.45, 7) is 2.38. The van der Waals surface area contributed by atoms with Crippen molar-refractivity contribution < 1.29 is 18.0 Å². The monoisotopic (exact) mass is 381 g/mol. The van der Waals surface area contributed by atoms with Gasteiger partial charge in [-0.3, -0.25) is 9.48 Å². The van der Waals surface area contributed by atoms with Crippen LogP contribution in [0.3, 0.4) is 0 Å². The number of aryl methyl sites for hydroxylation is 2. The summed E-state index contributed by atoms with van der Waals surface area (Å²) in [7, 11) is 1.74. The number of nitrogens with two attached hydrogens (primary N) is 1. The Labute approximate surface area is 154 Å². The average molecular weight is 381 g/mol. The van der Waals surface area contributed by atoms with Crippen LogP contribution in [0.2, 0.25) is 0 Å². The topological polar surface area (TPSA) is 85.0 Å². The number of halogens is 3. The molecule has 2 aromatic rings. The minimum atomic E-state index is -4.48. The second-order valence-corrected chi connectivity index (χ2v) is 6.92. The molecule has 0 unspecified atom stereocenters. The number of hydrogen-bond acceptors (Lipinski definition) is 4. The Balaban J connectivity index is 1.84. The first-order valence-corrected chi connectivity index (χ1v) is 8.67. The Morgan fingerprint density at radius 3 is 2.59 bits per heavy atom. The molecule has 6 nitrogen and oxygen atoms in total. The van der Waals surface area contributed by atoms with Crippen LogP contribution in [0.4, 0.5) is 24.7 Å². The maximum Gasteiger partial charge on any atom is 0.416 e. The lowest BCUT2D eigenvalue weighted by Gasteiger charge is -2.36. The maximum absolute atomic E-state index is 13.1. The van der Waals surface area contributed by atoms with Crippen LogP contribution in [-0.2, 0) is 13.2 Å². The summed E-state index contributed by atoms with van der Waals surface area (Å²) in [6, 6.07) is 4.77. The smallest absolute Gasteiger partial charge is 0.382 e. The normalized spacial score (nSPS) is 19.5. The first kappa shape index (κ1) is 19.2. The van der Waals surface area contributed by atoms with Crippen molar-refractivity contribution in [1.29, 1.82) is 0 Å². The van der Waals surface area contributed by atoms with E-state index in [1.165, 1.54) is 6.07 Å². The average Bonchev–Trinajstić information content (AvgIpc) is 2.87. The molecular weight excluding hydrogens is 359 g/mol. The Hall–Kier alpha value is -2.55. The lowest BCUT2D eigenvalue weighted by molar-refractivity contribution is -0.137. The zero-order valence-electron chi connectivity index (χ0n) is 15.1. The van der Waals surface area contributed by atoms with E-state index in [4.69, 9.17) is 5.73 Å². The summed E-state index contributed by atoms with van der Waals surface area (Å²) in [6.07, 6.45) is -2.94. The highest BCUT2D eigenvalue weighted by atomic mass is 19.4. The molecule has 1 amide bonds. The third kappa shape index (κ3) is 4.24. The van der Waals surface area contributed by atoms with E-state index in [9.17, 15) is 18.0 Å². The molecular formula is C18H22F3N5O. The number of alkyl halides is 3. The molecule has 1 heterocycles. The van der Waals surface area contributed by atoms with E-state index in [1.54, 1.807) is 17.8 Å². The molecule has 0 atom stereocenters. The molecule has 4 N–H and O–H groups in total. The summed E-state index contributed by atoms with van der Waals surface area (Å²) in [5, 5.41) is 9.84. The number of nitrogens with zero attached hydrogens (tertiary/aromatic N) is 2. The zero-order valence-corrected chi connectivity index (χ0v) is 15.1. The molecule has 1 aromatic carbocycles. The van der Waals surface area contributed by atoms with E-state index in [-0.39, 0.29) is 17.3 Å². The molecule has 0 aliphatic heterocycles. The van der Waals surface area contributed by atoms with Gasteiger partial charge in [0.25, 0.3) is 5.91 Å². The van der Waals surface area contributed by atoms with Crippen LogP contribution in [-0.4, -0.2) is 28.3 Å². The van der Waals surface area contributed by atoms with Crippen LogP contribution in [0.5, 0.6) is 0 Å². The van der Waals surface area contributed by atoms with Gasteiger partial charge in [0.1, 0.15) is 0 Å². The van der Waals surface area contributed by atoms with Gasteiger partial charge >= 0.3 is 6.18 Å². The molecule has 0 saturated heterocycles. The Morgan fingerprint density at radius 1 is 1.33 bits per heavy atom. The lowest BCUT2D eigenvalue weighted by Crippen LogP contribution is -2.39. The predicted molar refractivity (Wildman–Crippen MR) is 96.5 cm³/mol. The van der Waals surface area contributed by atoms with Gasteiger partial charge < -0.3 is 16.4 Å². The summed E-state index contributed by atoms with van der Waals surface area (Å²) in [5.41, 5.74) is 5.95. The molecule has 0 bridgehead atoms. The van der Waals surface area contributed by atoms with Gasteiger partial charge in [-0.05, 0) is 50.4 Å². The largest absolute Gasteiger partial charge is 0.416 e. The van der Waals surface area contributed by atoms with Gasteiger partial charge in [-0.15, -0.1) is 0 Å². The van der Waals surface area contributed by atoms with Crippen LogP contribution in [0.15, 0.2) is 24.3 Å². The van der Waals surface area contributed by atoms with Gasteiger partial charge in [0, 0.05) is 30.5 Å². The van der Waals surface area contributed by atoms with E-state index in [0.717, 1.165) is 30.7 Å². The highest BCUT2D eigenvalue weighted by molar-refractivity contribution is 6.07. The van der Waals surface area contributed by atoms with E-state index in [1.807, 2.05) is 6.92 Å². The molecule has 1 aliphatic carbocycles. The number of hydrogen-bond donors (Lipinski definition) is 3.